The van der Waals surface area contributed by atoms with Crippen molar-refractivity contribution in [1.82, 2.24) is 4.90 Å². The number of hydrogen-bond acceptors (Lipinski definition) is 8. The molecule has 1 aliphatic heterocycles. The molecule has 3 aromatic carbocycles. The molecule has 194 valence electrons. The molecule has 1 fully saturated rings. The molecule has 1 aliphatic rings. The van der Waals surface area contributed by atoms with Crippen molar-refractivity contribution in [3.05, 3.63) is 96.8 Å². The highest BCUT2D eigenvalue weighted by Gasteiger charge is 2.30. The molecule has 3 aromatic rings. The first-order valence-corrected chi connectivity index (χ1v) is 12.6. The maximum Gasteiger partial charge on any atom is 0.335 e. The number of amides is 1. The van der Waals surface area contributed by atoms with Crippen LogP contribution < -0.4 is 9.47 Å². The van der Waals surface area contributed by atoms with Gasteiger partial charge in [-0.05, 0) is 81.3 Å². The van der Waals surface area contributed by atoms with Crippen LogP contribution >= 0.6 is 27.7 Å². The second-order valence-electron chi connectivity index (χ2n) is 7.97. The molecular weight excluding hydrogens is 578 g/mol. The van der Waals surface area contributed by atoms with Gasteiger partial charge >= 0.3 is 5.97 Å². The van der Waals surface area contributed by atoms with Gasteiger partial charge in [-0.2, -0.15) is 0 Å². The number of benzene rings is 3. The lowest BCUT2D eigenvalue weighted by Crippen LogP contribution is -2.23. The molecule has 1 heterocycles. The first-order valence-electron chi connectivity index (χ1n) is 11.0. The monoisotopic (exact) mass is 597 g/mol. The molecule has 0 aromatic heterocycles. The van der Waals surface area contributed by atoms with Gasteiger partial charge in [0.15, 0.2) is 16.7 Å². The van der Waals surface area contributed by atoms with Crippen molar-refractivity contribution < 1.29 is 29.1 Å². The number of aliphatic imine (C=N–C) groups is 1. The van der Waals surface area contributed by atoms with Gasteiger partial charge in [0, 0.05) is 19.2 Å². The Morgan fingerprint density at radius 2 is 1.95 bits per heavy atom. The molecule has 0 saturated carbocycles. The van der Waals surface area contributed by atoms with E-state index in [4.69, 9.17) is 14.6 Å². The minimum Gasteiger partial charge on any atom is -0.493 e. The number of carboxylic acid groups (broad SMARTS) is 1. The largest absolute Gasteiger partial charge is 0.493 e. The molecule has 4 rings (SSSR count). The van der Waals surface area contributed by atoms with Gasteiger partial charge in [0.25, 0.3) is 11.6 Å². The fourth-order valence-corrected chi connectivity index (χ4v) is 5.03. The van der Waals surface area contributed by atoms with Crippen molar-refractivity contribution >= 4 is 62.2 Å². The molecular formula is C26H20BrN3O7S. The number of carbonyl (C=O) groups is 2. The van der Waals surface area contributed by atoms with Crippen molar-refractivity contribution in [1.29, 1.82) is 0 Å². The summed E-state index contributed by atoms with van der Waals surface area (Å²) >= 11 is 4.68. The molecule has 0 unspecified atom stereocenters. The molecule has 10 nitrogen and oxygen atoms in total. The van der Waals surface area contributed by atoms with E-state index < -0.39 is 10.9 Å². The zero-order valence-corrected chi connectivity index (χ0v) is 22.5. The molecule has 0 radical (unpaired) electrons. The lowest BCUT2D eigenvalue weighted by Gasteiger charge is -2.14. The topological polar surface area (TPSA) is 132 Å². The quantitative estimate of drug-likeness (QED) is 0.193. The van der Waals surface area contributed by atoms with Gasteiger partial charge in [-0.15, -0.1) is 0 Å². The van der Waals surface area contributed by atoms with E-state index in [2.05, 4.69) is 20.9 Å². The smallest absolute Gasteiger partial charge is 0.335 e. The molecule has 0 spiro atoms. The zero-order chi connectivity index (χ0) is 27.4. The van der Waals surface area contributed by atoms with Gasteiger partial charge in [0.2, 0.25) is 0 Å². The highest BCUT2D eigenvalue weighted by atomic mass is 79.9. The number of nitro groups is 1. The summed E-state index contributed by atoms with van der Waals surface area (Å²) in [6.07, 6.45) is 1.71. The maximum atomic E-state index is 12.9. The SMILES string of the molecule is COc1cc(C=C2SC(=Nc3ccc(C(=O)O)cc3)N(C)C2=O)cc(Br)c1OCc1cccc([N+](=O)[O-])c1. The number of thioether (sulfide) groups is 1. The second kappa shape index (κ2) is 11.5. The minimum atomic E-state index is -1.03. The first-order chi connectivity index (χ1) is 18.2. The zero-order valence-electron chi connectivity index (χ0n) is 20.1. The predicted octanol–water partition coefficient (Wildman–Crippen LogP) is 5.88. The van der Waals surface area contributed by atoms with E-state index in [0.29, 0.717) is 42.9 Å². The Morgan fingerprint density at radius 1 is 1.21 bits per heavy atom. The van der Waals surface area contributed by atoms with Crippen molar-refractivity contribution in [2.45, 2.75) is 6.61 Å². The molecule has 0 atom stereocenters. The van der Waals surface area contributed by atoms with Gasteiger partial charge in [-0.25, -0.2) is 9.79 Å². The molecule has 1 N–H and O–H groups in total. The normalized spacial score (nSPS) is 15.2. The van der Waals surface area contributed by atoms with Gasteiger partial charge in [0.1, 0.15) is 6.61 Å². The number of non-ortho nitro benzene ring substituents is 1. The van der Waals surface area contributed by atoms with Crippen LogP contribution in [0, 0.1) is 10.1 Å². The van der Waals surface area contributed by atoms with Crippen molar-refractivity contribution in [3.63, 3.8) is 0 Å². The second-order valence-corrected chi connectivity index (χ2v) is 9.83. The van der Waals surface area contributed by atoms with Crippen LogP contribution in [-0.2, 0) is 11.4 Å². The molecule has 1 saturated heterocycles. The summed E-state index contributed by atoms with van der Waals surface area (Å²) in [6, 6.07) is 15.7. The molecule has 12 heteroatoms. The summed E-state index contributed by atoms with van der Waals surface area (Å²) in [6.45, 7) is 0.0868. The summed E-state index contributed by atoms with van der Waals surface area (Å²) < 4.78 is 12.0. The first kappa shape index (κ1) is 26.9. The number of aromatic carboxylic acids is 1. The summed E-state index contributed by atoms with van der Waals surface area (Å²) in [5, 5.41) is 20.5. The van der Waals surface area contributed by atoms with Crippen LogP contribution in [-0.4, -0.2) is 46.1 Å². The van der Waals surface area contributed by atoms with Gasteiger partial charge < -0.3 is 14.6 Å². The van der Waals surface area contributed by atoms with E-state index >= 15 is 0 Å². The number of nitro benzene ring substituents is 1. The summed E-state index contributed by atoms with van der Waals surface area (Å²) in [7, 11) is 3.10. The number of rotatable bonds is 8. The number of hydrogen-bond donors (Lipinski definition) is 1. The van der Waals surface area contributed by atoms with Gasteiger partial charge in [-0.3, -0.25) is 19.8 Å². The molecule has 38 heavy (non-hydrogen) atoms. The van der Waals surface area contributed by atoms with Crippen LogP contribution in [0.1, 0.15) is 21.5 Å². The summed E-state index contributed by atoms with van der Waals surface area (Å²) in [4.78, 5) is 40.8. The highest BCUT2D eigenvalue weighted by Crippen LogP contribution is 2.39. The number of amidine groups is 1. The number of likely N-dealkylation sites (N-methyl/N-ethyl adjacent to an activating group) is 1. The average molecular weight is 598 g/mol. The summed E-state index contributed by atoms with van der Waals surface area (Å²) in [5.74, 6) is -0.445. The van der Waals surface area contributed by atoms with Crippen LogP contribution in [0.15, 0.2) is 75.0 Å². The van der Waals surface area contributed by atoms with Crippen LogP contribution in [0.4, 0.5) is 11.4 Å². The third-order valence-corrected chi connectivity index (χ3v) is 7.05. The van der Waals surface area contributed by atoms with E-state index in [-0.39, 0.29) is 23.8 Å². The third-order valence-electron chi connectivity index (χ3n) is 5.40. The van der Waals surface area contributed by atoms with Crippen molar-refractivity contribution in [2.24, 2.45) is 4.99 Å². The highest BCUT2D eigenvalue weighted by molar-refractivity contribution is 9.10. The standard InChI is InChI=1S/C26H20BrN3O7S/c1-29-24(31)22(38-26(29)28-18-8-6-17(7-9-18)25(32)33)13-16-11-20(27)23(21(12-16)36-2)37-14-15-4-3-5-19(10-15)30(34)35/h3-13H,14H2,1-2H3,(H,32,33). The fraction of sp³-hybridized carbons (Fsp3) is 0.115. The Morgan fingerprint density at radius 3 is 2.61 bits per heavy atom. The van der Waals surface area contributed by atoms with Crippen LogP contribution in [0.3, 0.4) is 0 Å². The average Bonchev–Trinajstić information content (AvgIpc) is 3.15. The van der Waals surface area contributed by atoms with E-state index in [9.17, 15) is 19.7 Å². The van der Waals surface area contributed by atoms with E-state index in [1.165, 1.54) is 48.0 Å². The number of halogens is 1. The lowest BCUT2D eigenvalue weighted by atomic mass is 10.1. The van der Waals surface area contributed by atoms with Crippen LogP contribution in [0.2, 0.25) is 0 Å². The Hall–Kier alpha value is -4.16. The minimum absolute atomic E-state index is 0.0250. The van der Waals surface area contributed by atoms with Crippen LogP contribution in [0.25, 0.3) is 6.08 Å². The molecule has 1 amide bonds. The molecule has 0 aliphatic carbocycles. The Labute approximate surface area is 229 Å². The number of methoxy groups -OCH3 is 1. The predicted molar refractivity (Wildman–Crippen MR) is 147 cm³/mol. The third kappa shape index (κ3) is 6.03. The number of carboxylic acids is 1. The maximum absolute atomic E-state index is 12.9. The number of ether oxygens (including phenoxy) is 2. The number of nitrogens with zero attached hydrogens (tertiary/aromatic N) is 3. The van der Waals surface area contributed by atoms with E-state index in [0.717, 1.165) is 0 Å². The Bertz CT molecular complexity index is 1490. The van der Waals surface area contributed by atoms with Gasteiger partial charge in [0.05, 0.1) is 32.7 Å². The van der Waals surface area contributed by atoms with Crippen molar-refractivity contribution in [2.75, 3.05) is 14.2 Å². The Kier molecular flexibility index (Phi) is 8.13. The fourth-order valence-electron chi connectivity index (χ4n) is 3.47. The number of carbonyl (C=O) groups excluding carboxylic acids is 1. The van der Waals surface area contributed by atoms with E-state index in [1.54, 1.807) is 49.5 Å². The lowest BCUT2D eigenvalue weighted by molar-refractivity contribution is -0.384. The van der Waals surface area contributed by atoms with Crippen molar-refractivity contribution in [3.8, 4) is 11.5 Å². The Balaban J connectivity index is 1.55. The van der Waals surface area contributed by atoms with E-state index in [1.807, 2.05) is 0 Å². The van der Waals surface area contributed by atoms with Gasteiger partial charge in [-0.1, -0.05) is 12.1 Å². The summed E-state index contributed by atoms with van der Waals surface area (Å²) in [5.41, 5.74) is 1.94. The molecule has 0 bridgehead atoms. The van der Waals surface area contributed by atoms with Crippen LogP contribution in [0.5, 0.6) is 11.5 Å².